The lowest BCUT2D eigenvalue weighted by Crippen LogP contribution is -2.39. The molecule has 1 saturated heterocycles. The highest BCUT2D eigenvalue weighted by Gasteiger charge is 2.25. The van der Waals surface area contributed by atoms with Gasteiger partial charge in [0.25, 0.3) is 0 Å². The molecule has 1 aromatic carbocycles. The molecule has 0 aliphatic carbocycles. The number of nitrogens with one attached hydrogen (secondary N) is 1. The zero-order valence-corrected chi connectivity index (χ0v) is 19.2. The predicted molar refractivity (Wildman–Crippen MR) is 124 cm³/mol. The highest BCUT2D eigenvalue weighted by Crippen LogP contribution is 2.23. The molecule has 0 spiro atoms. The van der Waals surface area contributed by atoms with Gasteiger partial charge in [-0.25, -0.2) is 4.98 Å². The predicted octanol–water partition coefficient (Wildman–Crippen LogP) is 3.30. The maximum absolute atomic E-state index is 12.7. The Hall–Kier alpha value is -3.16. The zero-order valence-electron chi connectivity index (χ0n) is 19.2. The number of anilines is 1. The molecule has 0 saturated carbocycles. The van der Waals surface area contributed by atoms with Gasteiger partial charge in [-0.15, -0.1) is 0 Å². The van der Waals surface area contributed by atoms with E-state index in [1.807, 2.05) is 60.9 Å². The first kappa shape index (κ1) is 22.0. The number of para-hydroxylation sites is 2. The molecule has 0 radical (unpaired) electrons. The van der Waals surface area contributed by atoms with Crippen LogP contribution in [0.25, 0.3) is 11.0 Å². The average molecular weight is 437 g/mol. The molecule has 0 atom stereocenters. The molecule has 2 amide bonds. The fraction of sp³-hybridized carbons (Fsp3) is 0.500. The lowest BCUT2D eigenvalue weighted by Gasteiger charge is -2.31. The number of likely N-dealkylation sites (tertiary alicyclic amines) is 1. The highest BCUT2D eigenvalue weighted by atomic mass is 16.2. The topological polar surface area (TPSA) is 85.0 Å². The fourth-order valence-corrected chi connectivity index (χ4v) is 4.45. The lowest BCUT2D eigenvalue weighted by atomic mass is 9.93. The van der Waals surface area contributed by atoms with Crippen LogP contribution >= 0.6 is 0 Å². The van der Waals surface area contributed by atoms with Crippen LogP contribution in [0.1, 0.15) is 44.1 Å². The quantitative estimate of drug-likeness (QED) is 0.616. The van der Waals surface area contributed by atoms with Gasteiger partial charge in [-0.3, -0.25) is 14.3 Å². The molecule has 8 heteroatoms. The SMILES string of the molecule is CCn1cc(NC(=O)CC2CCN(C(=O)CCc3nc4ccccc4n3C)CC2)c(C)n1. The summed E-state index contributed by atoms with van der Waals surface area (Å²) in [6, 6.07) is 8.03. The second-order valence-corrected chi connectivity index (χ2v) is 8.64. The van der Waals surface area contributed by atoms with E-state index in [1.54, 1.807) is 0 Å². The van der Waals surface area contributed by atoms with E-state index in [1.165, 1.54) is 0 Å². The molecular weight excluding hydrogens is 404 g/mol. The molecule has 32 heavy (non-hydrogen) atoms. The van der Waals surface area contributed by atoms with E-state index in [0.717, 1.165) is 47.6 Å². The molecule has 2 aromatic heterocycles. The lowest BCUT2D eigenvalue weighted by molar-refractivity contribution is -0.132. The van der Waals surface area contributed by atoms with Gasteiger partial charge in [0.1, 0.15) is 5.82 Å². The molecule has 3 heterocycles. The summed E-state index contributed by atoms with van der Waals surface area (Å²) >= 11 is 0. The van der Waals surface area contributed by atoms with Gasteiger partial charge in [0.15, 0.2) is 0 Å². The first-order valence-corrected chi connectivity index (χ1v) is 11.5. The molecule has 3 aromatic rings. The van der Waals surface area contributed by atoms with Gasteiger partial charge in [-0.1, -0.05) is 12.1 Å². The van der Waals surface area contributed by atoms with E-state index >= 15 is 0 Å². The van der Waals surface area contributed by atoms with Gasteiger partial charge in [0.05, 0.1) is 22.4 Å². The van der Waals surface area contributed by atoms with Crippen LogP contribution in [-0.4, -0.2) is 49.1 Å². The van der Waals surface area contributed by atoms with E-state index in [-0.39, 0.29) is 11.8 Å². The van der Waals surface area contributed by atoms with Crippen LogP contribution in [0, 0.1) is 12.8 Å². The van der Waals surface area contributed by atoms with Crippen molar-refractivity contribution in [2.45, 2.75) is 52.5 Å². The van der Waals surface area contributed by atoms with Gasteiger partial charge in [0.2, 0.25) is 11.8 Å². The standard InChI is InChI=1S/C24H32N6O2/c1-4-30-16-20(17(2)27-30)26-23(31)15-18-11-13-29(14-12-18)24(32)10-9-22-25-19-7-5-6-8-21(19)28(22)3/h5-8,16,18H,4,9-15H2,1-3H3,(H,26,31). The third-order valence-corrected chi connectivity index (χ3v) is 6.43. The van der Waals surface area contributed by atoms with Crippen molar-refractivity contribution in [1.82, 2.24) is 24.2 Å². The van der Waals surface area contributed by atoms with Crippen molar-refractivity contribution in [1.29, 1.82) is 0 Å². The summed E-state index contributed by atoms with van der Waals surface area (Å²) in [5.74, 6) is 1.44. The Bertz CT molecular complexity index is 1110. The van der Waals surface area contributed by atoms with Crippen LogP contribution in [0.5, 0.6) is 0 Å². The molecule has 4 rings (SSSR count). The normalized spacial score (nSPS) is 14.8. The van der Waals surface area contributed by atoms with E-state index in [4.69, 9.17) is 0 Å². The Labute approximate surface area is 188 Å². The summed E-state index contributed by atoms with van der Waals surface area (Å²) < 4.78 is 3.89. The number of fused-ring (bicyclic) bond motifs is 1. The van der Waals surface area contributed by atoms with Crippen molar-refractivity contribution in [2.75, 3.05) is 18.4 Å². The fourth-order valence-electron chi connectivity index (χ4n) is 4.45. The monoisotopic (exact) mass is 436 g/mol. The van der Waals surface area contributed by atoms with Crippen molar-refractivity contribution in [3.63, 3.8) is 0 Å². The Balaban J connectivity index is 1.23. The molecule has 1 aliphatic rings. The number of benzene rings is 1. The first-order chi connectivity index (χ1) is 15.4. The number of rotatable bonds is 7. The molecular formula is C24H32N6O2. The van der Waals surface area contributed by atoms with Crippen LogP contribution in [0.2, 0.25) is 0 Å². The molecule has 0 bridgehead atoms. The van der Waals surface area contributed by atoms with Crippen LogP contribution in [-0.2, 0) is 29.6 Å². The van der Waals surface area contributed by atoms with Gasteiger partial charge in [-0.2, -0.15) is 5.10 Å². The van der Waals surface area contributed by atoms with Gasteiger partial charge in [0, 0.05) is 52.1 Å². The second kappa shape index (κ2) is 9.54. The maximum atomic E-state index is 12.7. The van der Waals surface area contributed by atoms with Gasteiger partial charge < -0.3 is 14.8 Å². The molecule has 1 aliphatic heterocycles. The van der Waals surface area contributed by atoms with Crippen LogP contribution in [0.15, 0.2) is 30.5 Å². The number of carbonyl (C=O) groups is 2. The minimum atomic E-state index is 0.0235. The molecule has 170 valence electrons. The molecule has 0 unspecified atom stereocenters. The summed E-state index contributed by atoms with van der Waals surface area (Å²) in [5.41, 5.74) is 3.67. The van der Waals surface area contributed by atoms with Crippen molar-refractivity contribution in [3.05, 3.63) is 42.0 Å². The minimum absolute atomic E-state index is 0.0235. The third kappa shape index (κ3) is 4.84. The van der Waals surface area contributed by atoms with E-state index in [2.05, 4.69) is 20.0 Å². The zero-order chi connectivity index (χ0) is 22.7. The van der Waals surface area contributed by atoms with E-state index in [9.17, 15) is 9.59 Å². The summed E-state index contributed by atoms with van der Waals surface area (Å²) in [7, 11) is 2.00. The smallest absolute Gasteiger partial charge is 0.224 e. The second-order valence-electron chi connectivity index (χ2n) is 8.64. The van der Waals surface area contributed by atoms with Crippen molar-refractivity contribution < 1.29 is 9.59 Å². The van der Waals surface area contributed by atoms with Crippen molar-refractivity contribution in [2.24, 2.45) is 13.0 Å². The Kier molecular flexibility index (Phi) is 6.58. The number of carbonyl (C=O) groups excluding carboxylic acids is 2. The minimum Gasteiger partial charge on any atom is -0.343 e. The van der Waals surface area contributed by atoms with E-state index in [0.29, 0.717) is 38.3 Å². The number of aromatic nitrogens is 4. The number of nitrogens with zero attached hydrogens (tertiary/aromatic N) is 5. The summed E-state index contributed by atoms with van der Waals surface area (Å²) in [5, 5.41) is 7.36. The van der Waals surface area contributed by atoms with Gasteiger partial charge in [-0.05, 0) is 44.7 Å². The Morgan fingerprint density at radius 3 is 2.62 bits per heavy atom. The summed E-state index contributed by atoms with van der Waals surface area (Å²) in [4.78, 5) is 31.8. The van der Waals surface area contributed by atoms with Crippen molar-refractivity contribution in [3.8, 4) is 0 Å². The van der Waals surface area contributed by atoms with Crippen LogP contribution < -0.4 is 5.32 Å². The largest absolute Gasteiger partial charge is 0.343 e. The third-order valence-electron chi connectivity index (χ3n) is 6.43. The van der Waals surface area contributed by atoms with Crippen LogP contribution in [0.4, 0.5) is 5.69 Å². The van der Waals surface area contributed by atoms with Crippen LogP contribution in [0.3, 0.4) is 0 Å². The number of aryl methyl sites for hydroxylation is 4. The highest BCUT2D eigenvalue weighted by molar-refractivity contribution is 5.91. The summed E-state index contributed by atoms with van der Waals surface area (Å²) in [6.07, 6.45) is 5.18. The van der Waals surface area contributed by atoms with Crippen molar-refractivity contribution >= 4 is 28.5 Å². The Morgan fingerprint density at radius 1 is 1.19 bits per heavy atom. The maximum Gasteiger partial charge on any atom is 0.224 e. The van der Waals surface area contributed by atoms with E-state index < -0.39 is 0 Å². The number of amides is 2. The first-order valence-electron chi connectivity index (χ1n) is 11.5. The molecule has 1 N–H and O–H groups in total. The number of imidazole rings is 1. The Morgan fingerprint density at radius 2 is 1.94 bits per heavy atom. The average Bonchev–Trinajstić information content (AvgIpc) is 3.31. The summed E-state index contributed by atoms with van der Waals surface area (Å²) in [6.45, 7) is 6.13. The molecule has 8 nitrogen and oxygen atoms in total. The number of hydrogen-bond donors (Lipinski definition) is 1. The number of piperidine rings is 1. The molecule has 1 fully saturated rings. The van der Waals surface area contributed by atoms with Gasteiger partial charge >= 0.3 is 0 Å². The number of hydrogen-bond acceptors (Lipinski definition) is 4.